The lowest BCUT2D eigenvalue weighted by atomic mass is 9.77. The number of benzene rings is 8. The van der Waals surface area contributed by atoms with Gasteiger partial charge in [0.25, 0.3) is 0 Å². The second-order valence-corrected chi connectivity index (χ2v) is 16.9. The Morgan fingerprint density at radius 3 is 1.59 bits per heavy atom. The summed E-state index contributed by atoms with van der Waals surface area (Å²) in [4.78, 5) is 0. The fraction of sp³-hybridized carbons (Fsp3) is 0.111. The highest BCUT2D eigenvalue weighted by Crippen LogP contribution is 2.59. The van der Waals surface area contributed by atoms with Gasteiger partial charge in [-0.3, -0.25) is 0 Å². The van der Waals surface area contributed by atoms with E-state index in [1.54, 1.807) is 0 Å². The second-order valence-electron chi connectivity index (χ2n) is 16.9. The molecule has 0 unspecified atom stereocenters. The van der Waals surface area contributed by atoms with Gasteiger partial charge in [0, 0.05) is 38.4 Å². The molecule has 0 spiro atoms. The first-order valence-electron chi connectivity index (χ1n) is 19.7. The van der Waals surface area contributed by atoms with Crippen molar-refractivity contribution >= 4 is 43.9 Å². The Kier molecular flexibility index (Phi) is 6.22. The van der Waals surface area contributed by atoms with Crippen molar-refractivity contribution in [3.63, 3.8) is 0 Å². The second kappa shape index (κ2) is 11.0. The Morgan fingerprint density at radius 1 is 0.321 bits per heavy atom. The van der Waals surface area contributed by atoms with Gasteiger partial charge in [-0.05, 0) is 120 Å². The first-order chi connectivity index (χ1) is 27.2. The lowest BCUT2D eigenvalue weighted by molar-refractivity contribution is 0.647. The van der Waals surface area contributed by atoms with Crippen LogP contribution in [0, 0.1) is 0 Å². The SMILES string of the molecule is CC1(C)c2cc(-c3cccc(-c4ccc5oc6cc7oc8ccc(-c9ccccc9)cc8c7cc6c5c4)c3)ccc2-c2c1ccc1c2C(C)(C)c2ccccc2-1. The van der Waals surface area contributed by atoms with Crippen molar-refractivity contribution in [2.24, 2.45) is 0 Å². The highest BCUT2D eigenvalue weighted by Gasteiger charge is 2.44. The quantitative estimate of drug-likeness (QED) is 0.182. The predicted molar refractivity (Wildman–Crippen MR) is 232 cm³/mol. The van der Waals surface area contributed by atoms with E-state index in [1.165, 1.54) is 72.3 Å². The van der Waals surface area contributed by atoms with Gasteiger partial charge in [-0.15, -0.1) is 0 Å². The van der Waals surface area contributed by atoms with Gasteiger partial charge < -0.3 is 8.83 Å². The van der Waals surface area contributed by atoms with Crippen LogP contribution in [-0.4, -0.2) is 0 Å². The molecule has 0 saturated carbocycles. The van der Waals surface area contributed by atoms with Crippen molar-refractivity contribution in [1.82, 2.24) is 0 Å². The minimum Gasteiger partial charge on any atom is -0.456 e. The first kappa shape index (κ1) is 31.7. The van der Waals surface area contributed by atoms with E-state index in [0.717, 1.165) is 49.4 Å². The van der Waals surface area contributed by atoms with Crippen LogP contribution in [0.25, 0.3) is 99.5 Å². The molecule has 8 aromatic carbocycles. The molecule has 0 atom stereocenters. The maximum atomic E-state index is 6.42. The molecule has 2 aliphatic rings. The van der Waals surface area contributed by atoms with Crippen LogP contribution in [0.3, 0.4) is 0 Å². The van der Waals surface area contributed by atoms with Gasteiger partial charge >= 0.3 is 0 Å². The molecule has 2 heterocycles. The fourth-order valence-electron chi connectivity index (χ4n) is 10.2. The third kappa shape index (κ3) is 4.27. The minimum atomic E-state index is -0.111. The van der Waals surface area contributed by atoms with Crippen LogP contribution in [-0.2, 0) is 10.8 Å². The summed E-state index contributed by atoms with van der Waals surface area (Å²) in [5.74, 6) is 0. The van der Waals surface area contributed by atoms with Crippen molar-refractivity contribution in [3.05, 3.63) is 180 Å². The number of fused-ring (bicyclic) bond motifs is 13. The number of furan rings is 2. The van der Waals surface area contributed by atoms with E-state index in [1.807, 2.05) is 0 Å². The number of hydrogen-bond acceptors (Lipinski definition) is 2. The minimum absolute atomic E-state index is 0.0619. The zero-order chi connectivity index (χ0) is 37.5. The summed E-state index contributed by atoms with van der Waals surface area (Å²) in [7, 11) is 0. The average Bonchev–Trinajstić information content (AvgIpc) is 3.91. The summed E-state index contributed by atoms with van der Waals surface area (Å²) in [6, 6.07) is 57.7. The van der Waals surface area contributed by atoms with Gasteiger partial charge in [0.1, 0.15) is 22.3 Å². The summed E-state index contributed by atoms with van der Waals surface area (Å²) >= 11 is 0. The normalized spacial score (nSPS) is 14.7. The Balaban J connectivity index is 0.944. The average molecular weight is 719 g/mol. The summed E-state index contributed by atoms with van der Waals surface area (Å²) in [5, 5.41) is 4.41. The van der Waals surface area contributed by atoms with Gasteiger partial charge in [0.2, 0.25) is 0 Å². The molecular weight excluding hydrogens is 681 g/mol. The largest absolute Gasteiger partial charge is 0.456 e. The molecule has 2 aromatic heterocycles. The van der Waals surface area contributed by atoms with Crippen molar-refractivity contribution in [2.45, 2.75) is 38.5 Å². The van der Waals surface area contributed by atoms with Crippen LogP contribution in [0.5, 0.6) is 0 Å². The van der Waals surface area contributed by atoms with E-state index in [0.29, 0.717) is 0 Å². The zero-order valence-corrected chi connectivity index (χ0v) is 31.8. The van der Waals surface area contributed by atoms with E-state index in [2.05, 4.69) is 185 Å². The van der Waals surface area contributed by atoms with Crippen molar-refractivity contribution in [2.75, 3.05) is 0 Å². The Morgan fingerprint density at radius 2 is 0.875 bits per heavy atom. The lowest BCUT2D eigenvalue weighted by Gasteiger charge is -2.26. The molecule has 12 rings (SSSR count). The standard InChI is InChI=1S/C54H38O2/c1-53(2)45-22-21-38-37-15-8-9-16-44(37)54(3,4)52(38)51(45)39-20-17-36(28-46(39)53)33-14-10-13-32(25-33)35-19-24-48-41(27-35)43-29-42-40-26-34(31-11-6-5-7-12-31)18-23-47(40)55-49(42)30-50(43)56-48/h5-30H,1-4H3. The van der Waals surface area contributed by atoms with E-state index in [4.69, 9.17) is 8.83 Å². The van der Waals surface area contributed by atoms with Crippen molar-refractivity contribution in [3.8, 4) is 55.6 Å². The third-order valence-corrected chi connectivity index (χ3v) is 13.1. The maximum Gasteiger partial charge on any atom is 0.139 e. The third-order valence-electron chi connectivity index (χ3n) is 13.1. The van der Waals surface area contributed by atoms with Crippen LogP contribution in [0.4, 0.5) is 0 Å². The van der Waals surface area contributed by atoms with Crippen LogP contribution < -0.4 is 0 Å². The van der Waals surface area contributed by atoms with E-state index < -0.39 is 0 Å². The molecule has 0 fully saturated rings. The van der Waals surface area contributed by atoms with E-state index >= 15 is 0 Å². The highest BCUT2D eigenvalue weighted by atomic mass is 16.3. The molecule has 266 valence electrons. The molecule has 0 radical (unpaired) electrons. The van der Waals surface area contributed by atoms with Crippen LogP contribution in [0.1, 0.15) is 49.9 Å². The molecule has 2 aliphatic carbocycles. The Bertz CT molecular complexity index is 3300. The monoisotopic (exact) mass is 718 g/mol. The smallest absolute Gasteiger partial charge is 0.139 e. The van der Waals surface area contributed by atoms with Gasteiger partial charge in [-0.25, -0.2) is 0 Å². The lowest BCUT2D eigenvalue weighted by Crippen LogP contribution is -2.18. The van der Waals surface area contributed by atoms with Gasteiger partial charge in [0.05, 0.1) is 0 Å². The summed E-state index contributed by atoms with van der Waals surface area (Å²) in [6.07, 6.45) is 0. The molecule has 0 amide bonds. The number of rotatable bonds is 3. The maximum absolute atomic E-state index is 6.42. The Hall–Kier alpha value is -6.64. The van der Waals surface area contributed by atoms with Crippen molar-refractivity contribution in [1.29, 1.82) is 0 Å². The summed E-state index contributed by atoms with van der Waals surface area (Å²) < 4.78 is 12.8. The molecule has 0 aliphatic heterocycles. The van der Waals surface area contributed by atoms with Crippen LogP contribution in [0.2, 0.25) is 0 Å². The predicted octanol–water partition coefficient (Wildman–Crippen LogP) is 15.1. The fourth-order valence-corrected chi connectivity index (χ4v) is 10.2. The Labute approximate surface area is 325 Å². The van der Waals surface area contributed by atoms with Crippen molar-refractivity contribution < 1.29 is 8.83 Å². The number of hydrogen-bond donors (Lipinski definition) is 0. The molecule has 0 saturated heterocycles. The van der Waals surface area contributed by atoms with Gasteiger partial charge in [0.15, 0.2) is 0 Å². The molecule has 2 nitrogen and oxygen atoms in total. The topological polar surface area (TPSA) is 26.3 Å². The van der Waals surface area contributed by atoms with Gasteiger partial charge in [-0.1, -0.05) is 137 Å². The summed E-state index contributed by atoms with van der Waals surface area (Å²) in [5.41, 5.74) is 21.7. The van der Waals surface area contributed by atoms with Gasteiger partial charge in [-0.2, -0.15) is 0 Å². The molecule has 2 heteroatoms. The zero-order valence-electron chi connectivity index (χ0n) is 31.8. The van der Waals surface area contributed by atoms with E-state index in [-0.39, 0.29) is 10.8 Å². The molecular formula is C54H38O2. The molecule has 0 N–H and O–H groups in total. The summed E-state index contributed by atoms with van der Waals surface area (Å²) in [6.45, 7) is 9.58. The van der Waals surface area contributed by atoms with E-state index in [9.17, 15) is 0 Å². The molecule has 56 heavy (non-hydrogen) atoms. The van der Waals surface area contributed by atoms with Crippen LogP contribution >= 0.6 is 0 Å². The molecule has 0 bridgehead atoms. The molecule has 10 aromatic rings. The first-order valence-corrected chi connectivity index (χ1v) is 19.7. The highest BCUT2D eigenvalue weighted by molar-refractivity contribution is 6.16. The van der Waals surface area contributed by atoms with Crippen LogP contribution in [0.15, 0.2) is 167 Å².